The highest BCUT2D eigenvalue weighted by molar-refractivity contribution is 5.75. The molecule has 0 radical (unpaired) electrons. The van der Waals surface area contributed by atoms with E-state index in [-0.39, 0.29) is 12.0 Å². The SMILES string of the molecule is CCOc1cccc(CNC(CC)C(=O)OC)c1. The fourth-order valence-corrected chi connectivity index (χ4v) is 1.69. The van der Waals surface area contributed by atoms with Crippen molar-refractivity contribution < 1.29 is 14.3 Å². The van der Waals surface area contributed by atoms with E-state index < -0.39 is 0 Å². The van der Waals surface area contributed by atoms with Gasteiger partial charge in [0.25, 0.3) is 0 Å². The lowest BCUT2D eigenvalue weighted by Gasteiger charge is -2.14. The Morgan fingerprint density at radius 2 is 2.17 bits per heavy atom. The zero-order valence-corrected chi connectivity index (χ0v) is 11.2. The molecule has 0 saturated carbocycles. The highest BCUT2D eigenvalue weighted by Crippen LogP contribution is 2.13. The second kappa shape index (κ2) is 7.71. The number of benzene rings is 1. The van der Waals surface area contributed by atoms with E-state index in [1.54, 1.807) is 0 Å². The number of carbonyl (C=O) groups is 1. The summed E-state index contributed by atoms with van der Waals surface area (Å²) in [5.74, 6) is 0.626. The second-order valence-electron chi connectivity index (χ2n) is 3.95. The van der Waals surface area contributed by atoms with Crippen molar-refractivity contribution in [2.45, 2.75) is 32.9 Å². The van der Waals surface area contributed by atoms with Gasteiger partial charge in [-0.3, -0.25) is 4.79 Å². The van der Waals surface area contributed by atoms with Gasteiger partial charge in [-0.05, 0) is 31.0 Å². The van der Waals surface area contributed by atoms with E-state index >= 15 is 0 Å². The molecule has 18 heavy (non-hydrogen) atoms. The van der Waals surface area contributed by atoms with Gasteiger partial charge < -0.3 is 14.8 Å². The number of hydrogen-bond acceptors (Lipinski definition) is 4. The molecule has 0 spiro atoms. The number of ether oxygens (including phenoxy) is 2. The smallest absolute Gasteiger partial charge is 0.322 e. The molecule has 0 amide bonds. The molecule has 1 aromatic rings. The summed E-state index contributed by atoms with van der Waals surface area (Å²) >= 11 is 0. The maximum atomic E-state index is 11.4. The third-order valence-electron chi connectivity index (χ3n) is 2.66. The van der Waals surface area contributed by atoms with E-state index in [2.05, 4.69) is 5.32 Å². The summed E-state index contributed by atoms with van der Waals surface area (Å²) in [4.78, 5) is 11.4. The Kier molecular flexibility index (Phi) is 6.22. The molecule has 0 saturated heterocycles. The number of rotatable bonds is 7. The molecule has 4 heteroatoms. The fourth-order valence-electron chi connectivity index (χ4n) is 1.69. The third kappa shape index (κ3) is 4.37. The van der Waals surface area contributed by atoms with Gasteiger partial charge in [-0.15, -0.1) is 0 Å². The molecule has 4 nitrogen and oxygen atoms in total. The van der Waals surface area contributed by atoms with E-state index in [1.807, 2.05) is 38.1 Å². The minimum Gasteiger partial charge on any atom is -0.494 e. The summed E-state index contributed by atoms with van der Waals surface area (Å²) in [6.07, 6.45) is 0.706. The van der Waals surface area contributed by atoms with Crippen LogP contribution >= 0.6 is 0 Å². The van der Waals surface area contributed by atoms with Gasteiger partial charge in [0.15, 0.2) is 0 Å². The highest BCUT2D eigenvalue weighted by Gasteiger charge is 2.15. The van der Waals surface area contributed by atoms with Gasteiger partial charge in [0, 0.05) is 6.54 Å². The van der Waals surface area contributed by atoms with Crippen molar-refractivity contribution >= 4 is 5.97 Å². The predicted octanol–water partition coefficient (Wildman–Crippen LogP) is 2.13. The number of nitrogens with one attached hydrogen (secondary N) is 1. The Morgan fingerprint density at radius 1 is 1.39 bits per heavy atom. The molecule has 1 N–H and O–H groups in total. The highest BCUT2D eigenvalue weighted by atomic mass is 16.5. The minimum atomic E-state index is -0.259. The molecule has 1 atom stereocenters. The van der Waals surface area contributed by atoms with Crippen molar-refractivity contribution in [2.75, 3.05) is 13.7 Å². The van der Waals surface area contributed by atoms with Gasteiger partial charge >= 0.3 is 5.97 Å². The van der Waals surface area contributed by atoms with Crippen LogP contribution in [-0.4, -0.2) is 25.7 Å². The van der Waals surface area contributed by atoms with Crippen LogP contribution in [0.2, 0.25) is 0 Å². The van der Waals surface area contributed by atoms with Gasteiger partial charge in [0.2, 0.25) is 0 Å². The number of carbonyl (C=O) groups excluding carboxylic acids is 1. The Morgan fingerprint density at radius 3 is 2.78 bits per heavy atom. The van der Waals surface area contributed by atoms with Gasteiger partial charge in [0.05, 0.1) is 13.7 Å². The molecular formula is C14H21NO3. The molecule has 0 aliphatic carbocycles. The first-order valence-corrected chi connectivity index (χ1v) is 6.24. The normalized spacial score (nSPS) is 11.9. The van der Waals surface area contributed by atoms with Crippen LogP contribution < -0.4 is 10.1 Å². The van der Waals surface area contributed by atoms with Crippen molar-refractivity contribution in [2.24, 2.45) is 0 Å². The van der Waals surface area contributed by atoms with Crippen molar-refractivity contribution in [3.63, 3.8) is 0 Å². The summed E-state index contributed by atoms with van der Waals surface area (Å²) in [6, 6.07) is 7.58. The zero-order chi connectivity index (χ0) is 13.4. The monoisotopic (exact) mass is 251 g/mol. The third-order valence-corrected chi connectivity index (χ3v) is 2.66. The van der Waals surface area contributed by atoms with Crippen LogP contribution in [0.3, 0.4) is 0 Å². The molecule has 0 aromatic heterocycles. The lowest BCUT2D eigenvalue weighted by atomic mass is 10.1. The van der Waals surface area contributed by atoms with Crippen LogP contribution in [0.4, 0.5) is 0 Å². The summed E-state index contributed by atoms with van der Waals surface area (Å²) in [6.45, 7) is 5.17. The number of esters is 1. The first-order valence-electron chi connectivity index (χ1n) is 6.24. The quantitative estimate of drug-likeness (QED) is 0.754. The average molecular weight is 251 g/mol. The van der Waals surface area contributed by atoms with Gasteiger partial charge in [-0.1, -0.05) is 19.1 Å². The Labute approximate surface area is 108 Å². The summed E-state index contributed by atoms with van der Waals surface area (Å²) in [7, 11) is 1.41. The lowest BCUT2D eigenvalue weighted by Crippen LogP contribution is -2.36. The Bertz CT molecular complexity index is 379. The molecule has 100 valence electrons. The fraction of sp³-hybridized carbons (Fsp3) is 0.500. The standard InChI is InChI=1S/C14H21NO3/c1-4-13(14(16)17-3)15-10-11-7-6-8-12(9-11)18-5-2/h6-9,13,15H,4-5,10H2,1-3H3. The van der Waals surface area contributed by atoms with Crippen LogP contribution in [0.25, 0.3) is 0 Å². The molecule has 0 heterocycles. The van der Waals surface area contributed by atoms with E-state index in [9.17, 15) is 4.79 Å². The van der Waals surface area contributed by atoms with Crippen molar-refractivity contribution in [3.05, 3.63) is 29.8 Å². The number of methoxy groups -OCH3 is 1. The van der Waals surface area contributed by atoms with Crippen molar-refractivity contribution in [1.82, 2.24) is 5.32 Å². The Balaban J connectivity index is 2.56. The van der Waals surface area contributed by atoms with Crippen molar-refractivity contribution in [1.29, 1.82) is 0 Å². The first kappa shape index (κ1) is 14.5. The van der Waals surface area contributed by atoms with E-state index in [0.717, 1.165) is 11.3 Å². The molecule has 1 aromatic carbocycles. The van der Waals surface area contributed by atoms with E-state index in [4.69, 9.17) is 9.47 Å². The summed E-state index contributed by atoms with van der Waals surface area (Å²) in [5, 5.41) is 3.18. The van der Waals surface area contributed by atoms with Crippen LogP contribution in [0, 0.1) is 0 Å². The molecule has 1 rings (SSSR count). The largest absolute Gasteiger partial charge is 0.494 e. The van der Waals surface area contributed by atoms with E-state index in [0.29, 0.717) is 19.6 Å². The first-order chi connectivity index (χ1) is 8.71. The minimum absolute atomic E-state index is 0.224. The van der Waals surface area contributed by atoms with Crippen molar-refractivity contribution in [3.8, 4) is 5.75 Å². The summed E-state index contributed by atoms with van der Waals surface area (Å²) in [5.41, 5.74) is 1.09. The van der Waals surface area contributed by atoms with Gasteiger partial charge in [0.1, 0.15) is 11.8 Å². The molecular weight excluding hydrogens is 230 g/mol. The van der Waals surface area contributed by atoms with Gasteiger partial charge in [-0.2, -0.15) is 0 Å². The van der Waals surface area contributed by atoms with Crippen LogP contribution in [0.5, 0.6) is 5.75 Å². The van der Waals surface area contributed by atoms with Crippen LogP contribution in [0.1, 0.15) is 25.8 Å². The maximum Gasteiger partial charge on any atom is 0.322 e. The molecule has 1 unspecified atom stereocenters. The van der Waals surface area contributed by atoms with Gasteiger partial charge in [-0.25, -0.2) is 0 Å². The van der Waals surface area contributed by atoms with E-state index in [1.165, 1.54) is 7.11 Å². The second-order valence-corrected chi connectivity index (χ2v) is 3.95. The molecule has 0 aliphatic rings. The predicted molar refractivity (Wildman–Crippen MR) is 70.5 cm³/mol. The van der Waals surface area contributed by atoms with Crippen LogP contribution in [0.15, 0.2) is 24.3 Å². The maximum absolute atomic E-state index is 11.4. The number of hydrogen-bond donors (Lipinski definition) is 1. The Hall–Kier alpha value is -1.55. The average Bonchev–Trinajstić information content (AvgIpc) is 2.40. The topological polar surface area (TPSA) is 47.6 Å². The molecule has 0 aliphatic heterocycles. The summed E-state index contributed by atoms with van der Waals surface area (Å²) < 4.78 is 10.2. The van der Waals surface area contributed by atoms with Crippen LogP contribution in [-0.2, 0) is 16.1 Å². The lowest BCUT2D eigenvalue weighted by molar-refractivity contribution is -0.143. The molecule has 0 fully saturated rings. The zero-order valence-electron chi connectivity index (χ0n) is 11.2. The molecule has 0 bridgehead atoms.